The maximum atomic E-state index is 12.3. The van der Waals surface area contributed by atoms with E-state index in [-0.39, 0.29) is 5.91 Å². The number of aliphatic hydroxyl groups is 1. The first-order chi connectivity index (χ1) is 9.97. The highest BCUT2D eigenvalue weighted by Crippen LogP contribution is 2.41. The van der Waals surface area contributed by atoms with Crippen LogP contribution in [-0.2, 0) is 4.79 Å². The topological polar surface area (TPSA) is 70.8 Å². The summed E-state index contributed by atoms with van der Waals surface area (Å²) < 4.78 is 0. The fraction of sp³-hybridized carbons (Fsp3) is 0.867. The molecule has 21 heavy (non-hydrogen) atoms. The summed E-state index contributed by atoms with van der Waals surface area (Å²) >= 11 is 0. The molecule has 1 N–H and O–H groups in total. The Bertz CT molecular complexity index is 408. The molecule has 1 atom stereocenters. The largest absolute Gasteiger partial charge is 0.390 e. The molecule has 1 amide bonds. The Hall–Kier alpha value is -1.16. The van der Waals surface area contributed by atoms with Crippen molar-refractivity contribution in [2.24, 2.45) is 5.41 Å². The predicted molar refractivity (Wildman–Crippen MR) is 79.5 cm³/mol. The number of aliphatic hydroxyl groups excluding tert-OH is 1. The van der Waals surface area contributed by atoms with Gasteiger partial charge in [0.05, 0.1) is 12.2 Å². The van der Waals surface area contributed by atoms with Crippen LogP contribution in [0.25, 0.3) is 0 Å². The maximum Gasteiger partial charge on any atom is 0.242 e. The lowest BCUT2D eigenvalue weighted by atomic mass is 9.69. The zero-order valence-corrected chi connectivity index (χ0v) is 13.1. The molecule has 6 heteroatoms. The van der Waals surface area contributed by atoms with Gasteiger partial charge in [-0.25, -0.2) is 0 Å². The summed E-state index contributed by atoms with van der Waals surface area (Å²) in [4.78, 5) is 18.4. The van der Waals surface area contributed by atoms with E-state index in [1.54, 1.807) is 7.05 Å². The second-order valence-electron chi connectivity index (χ2n) is 6.49. The summed E-state index contributed by atoms with van der Waals surface area (Å²) in [6.45, 7) is 4.82. The van der Waals surface area contributed by atoms with E-state index in [1.807, 2.05) is 0 Å². The molecule has 1 saturated carbocycles. The number of β-amino-alcohol motifs (C(OH)–C–C–N with tert-alkyl or cyclic N) is 1. The lowest BCUT2D eigenvalue weighted by molar-refractivity contribution is -0.143. The Labute approximate surface area is 126 Å². The van der Waals surface area contributed by atoms with Gasteiger partial charge < -0.3 is 14.9 Å². The van der Waals surface area contributed by atoms with Crippen LogP contribution >= 0.6 is 0 Å². The van der Waals surface area contributed by atoms with Crippen molar-refractivity contribution in [2.75, 3.05) is 53.4 Å². The number of carbonyl (C=O) groups is 1. The summed E-state index contributed by atoms with van der Waals surface area (Å²) in [5.74, 6) is -0.131. The number of hydrogen-bond donors (Lipinski definition) is 1. The zero-order chi connectivity index (χ0) is 15.5. The van der Waals surface area contributed by atoms with Crippen LogP contribution < -0.4 is 0 Å². The van der Waals surface area contributed by atoms with Crippen molar-refractivity contribution in [3.8, 4) is 6.07 Å². The van der Waals surface area contributed by atoms with Crippen LogP contribution in [0.3, 0.4) is 0 Å². The molecule has 1 unspecified atom stereocenters. The fourth-order valence-corrected chi connectivity index (χ4v) is 3.05. The first-order valence-electron chi connectivity index (χ1n) is 7.72. The second-order valence-corrected chi connectivity index (χ2v) is 6.49. The van der Waals surface area contributed by atoms with Crippen molar-refractivity contribution in [1.82, 2.24) is 14.7 Å². The third-order valence-corrected chi connectivity index (χ3v) is 4.73. The van der Waals surface area contributed by atoms with Crippen LogP contribution in [0.2, 0.25) is 0 Å². The van der Waals surface area contributed by atoms with E-state index in [4.69, 9.17) is 0 Å². The smallest absolute Gasteiger partial charge is 0.242 e. The normalized spacial score (nSPS) is 23.9. The molecule has 0 spiro atoms. The number of amides is 1. The van der Waals surface area contributed by atoms with Gasteiger partial charge in [-0.05, 0) is 26.3 Å². The van der Waals surface area contributed by atoms with E-state index in [1.165, 1.54) is 4.90 Å². The monoisotopic (exact) mass is 294 g/mol. The Kier molecular flexibility index (Phi) is 5.20. The van der Waals surface area contributed by atoms with Gasteiger partial charge in [0.25, 0.3) is 0 Å². The van der Waals surface area contributed by atoms with Crippen molar-refractivity contribution < 1.29 is 9.90 Å². The van der Waals surface area contributed by atoms with E-state index in [9.17, 15) is 15.2 Å². The number of piperazine rings is 1. The zero-order valence-electron chi connectivity index (χ0n) is 13.1. The van der Waals surface area contributed by atoms with Gasteiger partial charge in [-0.1, -0.05) is 0 Å². The summed E-state index contributed by atoms with van der Waals surface area (Å²) in [5, 5.41) is 19.4. The minimum absolute atomic E-state index is 0.131. The molecule has 0 radical (unpaired) electrons. The summed E-state index contributed by atoms with van der Waals surface area (Å²) in [6.07, 6.45) is 1.69. The van der Waals surface area contributed by atoms with E-state index < -0.39 is 11.5 Å². The molecule has 2 rings (SSSR count). The minimum atomic E-state index is -0.817. The molecule has 2 aliphatic rings. The maximum absolute atomic E-state index is 12.3. The van der Waals surface area contributed by atoms with E-state index in [0.29, 0.717) is 25.9 Å². The fourth-order valence-electron chi connectivity index (χ4n) is 3.05. The Morgan fingerprint density at radius 3 is 2.48 bits per heavy atom. The number of carbonyl (C=O) groups excluding carboxylic acids is 1. The standard InChI is InChI=1S/C15H26N4O2/c1-17-6-8-19(9-7-17)11-13(20)10-18(2)14(21)15(12-16)4-3-5-15/h13,20H,3-11H2,1-2H3. The van der Waals surface area contributed by atoms with Crippen LogP contribution in [0.4, 0.5) is 0 Å². The molecule has 1 saturated heterocycles. The number of hydrogen-bond acceptors (Lipinski definition) is 5. The van der Waals surface area contributed by atoms with Crippen LogP contribution in [-0.4, -0.2) is 85.2 Å². The first kappa shape index (κ1) is 16.2. The third-order valence-electron chi connectivity index (χ3n) is 4.73. The highest BCUT2D eigenvalue weighted by Gasteiger charge is 2.46. The van der Waals surface area contributed by atoms with Crippen LogP contribution in [0.1, 0.15) is 19.3 Å². The van der Waals surface area contributed by atoms with Gasteiger partial charge in [-0.3, -0.25) is 9.69 Å². The van der Waals surface area contributed by atoms with E-state index >= 15 is 0 Å². The molecular formula is C15H26N4O2. The average Bonchev–Trinajstić information content (AvgIpc) is 2.40. The van der Waals surface area contributed by atoms with E-state index in [2.05, 4.69) is 22.9 Å². The van der Waals surface area contributed by atoms with Gasteiger partial charge in [-0.2, -0.15) is 5.26 Å². The number of nitriles is 1. The molecule has 6 nitrogen and oxygen atoms in total. The Balaban J connectivity index is 1.78. The van der Waals surface area contributed by atoms with Crippen LogP contribution in [0, 0.1) is 16.7 Å². The highest BCUT2D eigenvalue weighted by molar-refractivity contribution is 5.86. The first-order valence-corrected chi connectivity index (χ1v) is 7.72. The number of rotatable bonds is 5. The van der Waals surface area contributed by atoms with Gasteiger partial charge >= 0.3 is 0 Å². The van der Waals surface area contributed by atoms with Crippen LogP contribution in [0.15, 0.2) is 0 Å². The van der Waals surface area contributed by atoms with Crippen molar-refractivity contribution in [2.45, 2.75) is 25.4 Å². The van der Waals surface area contributed by atoms with Crippen LogP contribution in [0.5, 0.6) is 0 Å². The lowest BCUT2D eigenvalue weighted by Crippen LogP contribution is -2.51. The average molecular weight is 294 g/mol. The van der Waals surface area contributed by atoms with Crippen molar-refractivity contribution in [3.05, 3.63) is 0 Å². The summed E-state index contributed by atoms with van der Waals surface area (Å²) in [6, 6.07) is 2.17. The third kappa shape index (κ3) is 3.73. The van der Waals surface area contributed by atoms with Gasteiger partial charge in [-0.15, -0.1) is 0 Å². The number of likely N-dealkylation sites (N-methyl/N-ethyl adjacent to an activating group) is 2. The summed E-state index contributed by atoms with van der Waals surface area (Å²) in [5.41, 5.74) is -0.817. The van der Waals surface area contributed by atoms with Crippen molar-refractivity contribution in [3.63, 3.8) is 0 Å². The predicted octanol–water partition coefficient (Wildman–Crippen LogP) is -0.253. The Morgan fingerprint density at radius 2 is 2.00 bits per heavy atom. The number of nitrogens with zero attached hydrogens (tertiary/aromatic N) is 4. The molecule has 0 aromatic rings. The molecule has 0 aromatic carbocycles. The van der Waals surface area contributed by atoms with E-state index in [0.717, 1.165) is 32.6 Å². The van der Waals surface area contributed by atoms with Gasteiger partial charge in [0.2, 0.25) is 5.91 Å². The molecule has 0 bridgehead atoms. The molecule has 1 aliphatic carbocycles. The molecule has 1 heterocycles. The highest BCUT2D eigenvalue weighted by atomic mass is 16.3. The molecule has 0 aromatic heterocycles. The SMILES string of the molecule is CN1CCN(CC(O)CN(C)C(=O)C2(C#N)CCC2)CC1. The van der Waals surface area contributed by atoms with Gasteiger partial charge in [0.15, 0.2) is 0 Å². The molecule has 1 aliphatic heterocycles. The Morgan fingerprint density at radius 1 is 1.38 bits per heavy atom. The van der Waals surface area contributed by atoms with Gasteiger partial charge in [0, 0.05) is 46.3 Å². The molecule has 118 valence electrons. The summed E-state index contributed by atoms with van der Waals surface area (Å²) in [7, 11) is 3.78. The minimum Gasteiger partial charge on any atom is -0.390 e. The lowest BCUT2D eigenvalue weighted by Gasteiger charge is -2.38. The molecule has 2 fully saturated rings. The second kappa shape index (κ2) is 6.73. The van der Waals surface area contributed by atoms with Crippen molar-refractivity contribution >= 4 is 5.91 Å². The quantitative estimate of drug-likeness (QED) is 0.757. The van der Waals surface area contributed by atoms with Gasteiger partial charge in [0.1, 0.15) is 5.41 Å². The van der Waals surface area contributed by atoms with Crippen molar-refractivity contribution in [1.29, 1.82) is 5.26 Å². The molecular weight excluding hydrogens is 268 g/mol.